The average molecular weight is 462 g/mol. The van der Waals surface area contributed by atoms with E-state index in [0.717, 1.165) is 26.1 Å². The molecule has 0 aliphatic rings. The van der Waals surface area contributed by atoms with Crippen molar-refractivity contribution in [2.75, 3.05) is 27.4 Å². The number of rotatable bonds is 7. The standard InChI is InChI=1S/C20H20BrN3O3S/c1-26-10-9-22-20-24(17(13-28-20)15-4-6-16(21)7-5-15)23-12-14-3-8-19(27-2)18(25)11-14/h3-8,11-13,25H,9-10H2,1-2H3. The topological polar surface area (TPSA) is 68.3 Å². The van der Waals surface area contributed by atoms with E-state index >= 15 is 0 Å². The van der Waals surface area contributed by atoms with Gasteiger partial charge in [0.1, 0.15) is 0 Å². The first-order valence-electron chi connectivity index (χ1n) is 8.49. The number of hydrogen-bond acceptors (Lipinski definition) is 6. The third-order valence-electron chi connectivity index (χ3n) is 3.89. The molecule has 6 nitrogen and oxygen atoms in total. The second-order valence-electron chi connectivity index (χ2n) is 5.77. The van der Waals surface area contributed by atoms with Gasteiger partial charge in [-0.3, -0.25) is 4.99 Å². The van der Waals surface area contributed by atoms with Crippen LogP contribution in [0.2, 0.25) is 0 Å². The van der Waals surface area contributed by atoms with Crippen LogP contribution in [0.5, 0.6) is 11.5 Å². The summed E-state index contributed by atoms with van der Waals surface area (Å²) in [6, 6.07) is 13.2. The van der Waals surface area contributed by atoms with Gasteiger partial charge in [0.2, 0.25) is 4.80 Å². The average Bonchev–Trinajstić information content (AvgIpc) is 3.10. The zero-order valence-corrected chi connectivity index (χ0v) is 17.9. The molecule has 0 saturated heterocycles. The van der Waals surface area contributed by atoms with Crippen LogP contribution in [-0.2, 0) is 4.74 Å². The first-order chi connectivity index (χ1) is 13.6. The van der Waals surface area contributed by atoms with Crippen molar-refractivity contribution in [2.45, 2.75) is 0 Å². The fraction of sp³-hybridized carbons (Fsp3) is 0.200. The molecule has 0 saturated carbocycles. The minimum Gasteiger partial charge on any atom is -0.504 e. The van der Waals surface area contributed by atoms with E-state index in [1.165, 1.54) is 18.4 Å². The fourth-order valence-corrected chi connectivity index (χ4v) is 3.61. The minimum atomic E-state index is 0.0694. The van der Waals surface area contributed by atoms with Crippen molar-refractivity contribution < 1.29 is 14.6 Å². The number of aromatic nitrogens is 1. The van der Waals surface area contributed by atoms with Crippen LogP contribution in [0.15, 0.2) is 62.4 Å². The van der Waals surface area contributed by atoms with Crippen molar-refractivity contribution in [3.63, 3.8) is 0 Å². The van der Waals surface area contributed by atoms with E-state index in [2.05, 4.69) is 26.0 Å². The summed E-state index contributed by atoms with van der Waals surface area (Å²) >= 11 is 4.98. The third-order valence-corrected chi connectivity index (χ3v) is 5.28. The minimum absolute atomic E-state index is 0.0694. The molecule has 0 atom stereocenters. The van der Waals surface area contributed by atoms with Gasteiger partial charge in [0.15, 0.2) is 11.5 Å². The van der Waals surface area contributed by atoms with Crippen molar-refractivity contribution >= 4 is 33.5 Å². The number of phenolic OH excluding ortho intramolecular Hbond substituents is 1. The van der Waals surface area contributed by atoms with E-state index < -0.39 is 0 Å². The number of benzene rings is 2. The van der Waals surface area contributed by atoms with Gasteiger partial charge in [0.25, 0.3) is 0 Å². The molecule has 1 N–H and O–H groups in total. The van der Waals surface area contributed by atoms with Crippen LogP contribution in [0.25, 0.3) is 11.3 Å². The van der Waals surface area contributed by atoms with Crippen molar-refractivity contribution in [3.05, 3.63) is 62.7 Å². The molecule has 1 aromatic heterocycles. The highest BCUT2D eigenvalue weighted by Crippen LogP contribution is 2.26. The van der Waals surface area contributed by atoms with Crippen LogP contribution in [0.1, 0.15) is 5.56 Å². The maximum absolute atomic E-state index is 9.98. The van der Waals surface area contributed by atoms with Gasteiger partial charge in [-0.2, -0.15) is 5.10 Å². The largest absolute Gasteiger partial charge is 0.504 e. The molecule has 0 amide bonds. The molecule has 0 aliphatic heterocycles. The normalized spacial score (nSPS) is 12.0. The number of methoxy groups -OCH3 is 2. The summed E-state index contributed by atoms with van der Waals surface area (Å²) in [5.41, 5.74) is 2.71. The number of thiazole rings is 1. The first-order valence-corrected chi connectivity index (χ1v) is 10.2. The lowest BCUT2D eigenvalue weighted by Crippen LogP contribution is -2.13. The summed E-state index contributed by atoms with van der Waals surface area (Å²) in [6.07, 6.45) is 1.68. The van der Waals surface area contributed by atoms with Crippen molar-refractivity contribution in [1.29, 1.82) is 0 Å². The van der Waals surface area contributed by atoms with Gasteiger partial charge in [-0.1, -0.05) is 28.1 Å². The SMILES string of the molecule is COCCN=c1scc(-c2ccc(Br)cc2)n1N=Cc1ccc(OC)c(O)c1. The quantitative estimate of drug-likeness (QED) is 0.424. The Hall–Kier alpha value is -2.42. The lowest BCUT2D eigenvalue weighted by atomic mass is 10.2. The Bertz CT molecular complexity index is 1030. The highest BCUT2D eigenvalue weighted by atomic mass is 79.9. The van der Waals surface area contributed by atoms with Gasteiger partial charge in [-0.05, 0) is 35.9 Å². The van der Waals surface area contributed by atoms with Gasteiger partial charge in [0.05, 0.1) is 32.2 Å². The Kier molecular flexibility index (Phi) is 7.02. The van der Waals surface area contributed by atoms with Crippen LogP contribution in [0.4, 0.5) is 0 Å². The summed E-state index contributed by atoms with van der Waals surface area (Å²) in [5.74, 6) is 0.492. The van der Waals surface area contributed by atoms with E-state index in [1.54, 1.807) is 30.1 Å². The predicted molar refractivity (Wildman–Crippen MR) is 115 cm³/mol. The Labute approximate surface area is 175 Å². The molecule has 0 aliphatic carbocycles. The van der Waals surface area contributed by atoms with Crippen molar-refractivity contribution in [2.24, 2.45) is 10.1 Å². The van der Waals surface area contributed by atoms with Crippen LogP contribution in [0.3, 0.4) is 0 Å². The van der Waals surface area contributed by atoms with E-state index in [0.29, 0.717) is 18.9 Å². The Balaban J connectivity index is 2.01. The molecule has 0 radical (unpaired) electrons. The summed E-state index contributed by atoms with van der Waals surface area (Å²) in [5, 5.41) is 16.6. The van der Waals surface area contributed by atoms with Gasteiger partial charge in [-0.15, -0.1) is 11.3 Å². The Morgan fingerprint density at radius 3 is 2.64 bits per heavy atom. The first kappa shape index (κ1) is 20.3. The number of aromatic hydroxyl groups is 1. The van der Waals surface area contributed by atoms with Gasteiger partial charge in [0, 0.05) is 22.5 Å². The Morgan fingerprint density at radius 2 is 1.96 bits per heavy atom. The highest BCUT2D eigenvalue weighted by molar-refractivity contribution is 9.10. The molecule has 0 spiro atoms. The zero-order chi connectivity index (χ0) is 19.9. The van der Waals surface area contributed by atoms with Crippen LogP contribution < -0.4 is 9.54 Å². The maximum Gasteiger partial charge on any atom is 0.206 e. The molecule has 1 heterocycles. The highest BCUT2D eigenvalue weighted by Gasteiger charge is 2.08. The summed E-state index contributed by atoms with van der Waals surface area (Å²) in [4.78, 5) is 5.35. The summed E-state index contributed by atoms with van der Waals surface area (Å²) in [6.45, 7) is 1.09. The van der Waals surface area contributed by atoms with E-state index in [9.17, 15) is 5.11 Å². The van der Waals surface area contributed by atoms with E-state index in [1.807, 2.05) is 35.7 Å². The van der Waals surface area contributed by atoms with Crippen LogP contribution >= 0.6 is 27.3 Å². The number of nitrogens with zero attached hydrogens (tertiary/aromatic N) is 3. The molecule has 3 aromatic rings. The zero-order valence-electron chi connectivity index (χ0n) is 15.5. The summed E-state index contributed by atoms with van der Waals surface area (Å²) in [7, 11) is 3.17. The molecule has 8 heteroatoms. The third kappa shape index (κ3) is 4.89. The molecule has 146 valence electrons. The van der Waals surface area contributed by atoms with Crippen molar-refractivity contribution in [1.82, 2.24) is 4.68 Å². The number of phenols is 1. The molecule has 0 fully saturated rings. The lowest BCUT2D eigenvalue weighted by Gasteiger charge is -2.05. The molecular weight excluding hydrogens is 442 g/mol. The smallest absolute Gasteiger partial charge is 0.206 e. The van der Waals surface area contributed by atoms with Crippen LogP contribution in [0, 0.1) is 0 Å². The fourth-order valence-electron chi connectivity index (χ4n) is 2.48. The van der Waals surface area contributed by atoms with Gasteiger partial charge >= 0.3 is 0 Å². The molecule has 2 aromatic carbocycles. The molecule has 28 heavy (non-hydrogen) atoms. The molecule has 3 rings (SSSR count). The van der Waals surface area contributed by atoms with Gasteiger partial charge in [-0.25, -0.2) is 4.68 Å². The second-order valence-corrected chi connectivity index (χ2v) is 7.52. The predicted octanol–water partition coefficient (Wildman–Crippen LogP) is 4.12. The number of hydrogen-bond donors (Lipinski definition) is 1. The Morgan fingerprint density at radius 1 is 1.18 bits per heavy atom. The number of halogens is 1. The molecule has 0 unspecified atom stereocenters. The monoisotopic (exact) mass is 461 g/mol. The number of ether oxygens (including phenoxy) is 2. The van der Waals surface area contributed by atoms with E-state index in [-0.39, 0.29) is 5.75 Å². The van der Waals surface area contributed by atoms with E-state index in [4.69, 9.17) is 9.47 Å². The van der Waals surface area contributed by atoms with Crippen molar-refractivity contribution in [3.8, 4) is 22.8 Å². The second kappa shape index (κ2) is 9.68. The molecule has 0 bridgehead atoms. The van der Waals surface area contributed by atoms with Crippen LogP contribution in [-0.4, -0.2) is 43.4 Å². The summed E-state index contributed by atoms with van der Waals surface area (Å²) < 4.78 is 13.0. The molecular formula is C20H20BrN3O3S. The maximum atomic E-state index is 9.98. The van der Waals surface area contributed by atoms with Gasteiger partial charge < -0.3 is 14.6 Å². The lowest BCUT2D eigenvalue weighted by molar-refractivity contribution is 0.207.